The Bertz CT molecular complexity index is 1330. The first kappa shape index (κ1) is 30.6. The first-order chi connectivity index (χ1) is 18.6. The molecule has 1 heterocycles. The molecule has 0 aromatic heterocycles. The van der Waals surface area contributed by atoms with Gasteiger partial charge in [0.05, 0.1) is 31.6 Å². The van der Waals surface area contributed by atoms with Crippen molar-refractivity contribution in [3.05, 3.63) is 65.9 Å². The number of esters is 1. The van der Waals surface area contributed by atoms with Gasteiger partial charge in [-0.2, -0.15) is 5.10 Å². The van der Waals surface area contributed by atoms with Crippen LogP contribution in [-0.4, -0.2) is 54.1 Å². The number of carbonyl (C=O) groups excluding carboxylic acids is 2. The molecule has 1 aliphatic heterocycles. The molecule has 2 aromatic carbocycles. The van der Waals surface area contributed by atoms with E-state index in [1.54, 1.807) is 50.2 Å². The maximum Gasteiger partial charge on any atom is 0.341 e. The summed E-state index contributed by atoms with van der Waals surface area (Å²) in [6.07, 6.45) is 1.45. The van der Waals surface area contributed by atoms with E-state index in [-0.39, 0.29) is 13.2 Å². The van der Waals surface area contributed by atoms with E-state index in [1.165, 1.54) is 6.21 Å². The highest BCUT2D eigenvalue weighted by atomic mass is 127. The molecule has 0 unspecified atom stereocenters. The molecular formula is C25H24I2N4O7S. The van der Waals surface area contributed by atoms with Crippen molar-refractivity contribution in [2.24, 2.45) is 5.10 Å². The Morgan fingerprint density at radius 1 is 1.15 bits per heavy atom. The molecule has 1 amide bonds. The van der Waals surface area contributed by atoms with Gasteiger partial charge in [-0.25, -0.2) is 15.0 Å². The number of thiocarbonyl (C=S) groups is 1. The minimum atomic E-state index is -1.07. The lowest BCUT2D eigenvalue weighted by atomic mass is 9.95. The number of aliphatic carboxylic acids is 1. The molecule has 11 nitrogen and oxygen atoms in total. The van der Waals surface area contributed by atoms with Crippen LogP contribution in [0.5, 0.6) is 11.5 Å². The molecule has 0 radical (unpaired) electrons. The lowest BCUT2D eigenvalue weighted by molar-refractivity contribution is -0.140. The topological polar surface area (TPSA) is 148 Å². The van der Waals surface area contributed by atoms with E-state index in [1.807, 2.05) is 45.2 Å². The first-order valence-corrected chi connectivity index (χ1v) is 14.0. The Morgan fingerprint density at radius 2 is 1.85 bits per heavy atom. The summed E-state index contributed by atoms with van der Waals surface area (Å²) in [5, 5.41) is 19.2. The van der Waals surface area contributed by atoms with Gasteiger partial charge < -0.3 is 30.0 Å². The minimum Gasteiger partial charge on any atom is -0.483 e. The summed E-state index contributed by atoms with van der Waals surface area (Å²) in [6.45, 7) is 2.90. The maximum absolute atomic E-state index is 12.7. The van der Waals surface area contributed by atoms with E-state index in [0.717, 1.165) is 0 Å². The Labute approximate surface area is 257 Å². The summed E-state index contributed by atoms with van der Waals surface area (Å²) in [5.41, 5.74) is 4.62. The highest BCUT2D eigenvalue weighted by Gasteiger charge is 2.32. The predicted molar refractivity (Wildman–Crippen MR) is 164 cm³/mol. The first-order valence-electron chi connectivity index (χ1n) is 11.4. The number of carboxylic acid groups (broad SMARTS) is 1. The van der Waals surface area contributed by atoms with E-state index in [9.17, 15) is 14.4 Å². The van der Waals surface area contributed by atoms with Crippen LogP contribution in [0.2, 0.25) is 0 Å². The van der Waals surface area contributed by atoms with E-state index >= 15 is 0 Å². The normalized spacial score (nSPS) is 14.9. The van der Waals surface area contributed by atoms with Crippen molar-refractivity contribution in [1.82, 2.24) is 16.1 Å². The Kier molecular flexibility index (Phi) is 11.3. The molecule has 0 spiro atoms. The maximum atomic E-state index is 12.7. The number of nitrogens with one attached hydrogen (secondary N) is 3. The van der Waals surface area contributed by atoms with Crippen LogP contribution in [0, 0.1) is 7.14 Å². The Balaban J connectivity index is 1.67. The quantitative estimate of drug-likeness (QED) is 0.0882. The number of hydrazone groups is 1. The molecule has 4 N–H and O–H groups in total. The highest BCUT2D eigenvalue weighted by molar-refractivity contribution is 14.1. The van der Waals surface area contributed by atoms with Crippen LogP contribution in [-0.2, 0) is 19.1 Å². The molecule has 14 heteroatoms. The van der Waals surface area contributed by atoms with Crippen molar-refractivity contribution < 1.29 is 33.7 Å². The van der Waals surface area contributed by atoms with E-state index in [2.05, 4.69) is 21.2 Å². The fourth-order valence-electron chi connectivity index (χ4n) is 3.54. The lowest BCUT2D eigenvalue weighted by Crippen LogP contribution is -2.45. The van der Waals surface area contributed by atoms with Gasteiger partial charge in [0.25, 0.3) is 5.91 Å². The average molecular weight is 778 g/mol. The third kappa shape index (κ3) is 8.50. The summed E-state index contributed by atoms with van der Waals surface area (Å²) in [4.78, 5) is 35.9. The van der Waals surface area contributed by atoms with E-state index in [0.29, 0.717) is 46.1 Å². The van der Waals surface area contributed by atoms with Gasteiger partial charge in [-0.1, -0.05) is 18.2 Å². The number of ether oxygens (including phenoxy) is 3. The van der Waals surface area contributed by atoms with E-state index in [4.69, 9.17) is 31.5 Å². The monoisotopic (exact) mass is 778 g/mol. The summed E-state index contributed by atoms with van der Waals surface area (Å²) in [7, 11) is 0. The second-order valence-electron chi connectivity index (χ2n) is 7.91. The van der Waals surface area contributed by atoms with Crippen LogP contribution >= 0.6 is 57.4 Å². The van der Waals surface area contributed by atoms with Crippen LogP contribution in [0.25, 0.3) is 0 Å². The van der Waals surface area contributed by atoms with Crippen molar-refractivity contribution in [3.63, 3.8) is 0 Å². The third-order valence-corrected chi connectivity index (χ3v) is 6.94. The smallest absolute Gasteiger partial charge is 0.341 e. The van der Waals surface area contributed by atoms with Gasteiger partial charge in [0.15, 0.2) is 18.3 Å². The van der Waals surface area contributed by atoms with E-state index < -0.39 is 30.5 Å². The number of allylic oxidation sites excluding steroid dienone is 1. The molecular weight excluding hydrogens is 754 g/mol. The number of benzene rings is 2. The molecule has 1 aliphatic rings. The van der Waals surface area contributed by atoms with Crippen LogP contribution < -0.4 is 25.5 Å². The zero-order valence-corrected chi connectivity index (χ0v) is 25.9. The molecule has 0 bridgehead atoms. The highest BCUT2D eigenvalue weighted by Crippen LogP contribution is 2.33. The van der Waals surface area contributed by atoms with Gasteiger partial charge in [0, 0.05) is 11.3 Å². The molecule has 0 fully saturated rings. The summed E-state index contributed by atoms with van der Waals surface area (Å²) in [6, 6.07) is 9.86. The number of halogens is 2. The van der Waals surface area contributed by atoms with Gasteiger partial charge in [0.1, 0.15) is 11.5 Å². The van der Waals surface area contributed by atoms with Crippen LogP contribution in [0.4, 0.5) is 0 Å². The number of nitrogens with zero attached hydrogens (tertiary/aromatic N) is 1. The molecule has 0 aliphatic carbocycles. The van der Waals surface area contributed by atoms with Gasteiger partial charge in [-0.3, -0.25) is 4.79 Å². The SMILES string of the molecule is CCOC(=O)C1=C(C)NC(=S)N[C@H]1c1ccccc1OCC(=O)NN=Cc1cc(I)c(OCC(=O)O)c(I)c1. The standard InChI is InChI=1S/C25H24I2N4O7S/c1-3-36-24(35)21-13(2)29-25(39)30-22(21)15-6-4-5-7-18(15)37-11-19(32)31-28-10-14-8-16(26)23(17(27)9-14)38-12-20(33)34/h4-10,22H,3,11-12H2,1-2H3,(H,31,32)(H,33,34)(H2,29,30,39)/t22-/m0/s1. The van der Waals surface area contributed by atoms with Crippen molar-refractivity contribution >= 4 is 86.6 Å². The Hall–Kier alpha value is -2.99. The number of para-hydroxylation sites is 1. The number of rotatable bonds is 11. The predicted octanol–water partition coefficient (Wildman–Crippen LogP) is 3.24. The molecule has 2 aromatic rings. The lowest BCUT2D eigenvalue weighted by Gasteiger charge is -2.30. The van der Waals surface area contributed by atoms with Crippen molar-refractivity contribution in [2.45, 2.75) is 19.9 Å². The van der Waals surface area contributed by atoms with Gasteiger partial charge >= 0.3 is 11.9 Å². The fraction of sp³-hybridized carbons (Fsp3) is 0.240. The van der Waals surface area contributed by atoms with Gasteiger partial charge in [-0.05, 0) is 95.0 Å². The summed E-state index contributed by atoms with van der Waals surface area (Å²) < 4.78 is 17.7. The summed E-state index contributed by atoms with van der Waals surface area (Å²) >= 11 is 9.36. The van der Waals surface area contributed by atoms with Crippen LogP contribution in [0.1, 0.15) is 31.0 Å². The zero-order chi connectivity index (χ0) is 28.5. The van der Waals surface area contributed by atoms with Crippen molar-refractivity contribution in [3.8, 4) is 11.5 Å². The number of hydrogen-bond acceptors (Lipinski definition) is 8. The number of amides is 1. The van der Waals surface area contributed by atoms with Gasteiger partial charge in [0.2, 0.25) is 0 Å². The third-order valence-electron chi connectivity index (χ3n) is 5.12. The van der Waals surface area contributed by atoms with Crippen LogP contribution in [0.3, 0.4) is 0 Å². The number of hydrogen-bond donors (Lipinski definition) is 4. The average Bonchev–Trinajstić information content (AvgIpc) is 2.86. The molecule has 3 rings (SSSR count). The van der Waals surface area contributed by atoms with Crippen molar-refractivity contribution in [2.75, 3.05) is 19.8 Å². The fourth-order valence-corrected chi connectivity index (χ4v) is 5.94. The number of carbonyl (C=O) groups is 3. The largest absolute Gasteiger partial charge is 0.483 e. The molecule has 0 saturated carbocycles. The minimum absolute atomic E-state index is 0.215. The molecule has 206 valence electrons. The zero-order valence-electron chi connectivity index (χ0n) is 20.7. The Morgan fingerprint density at radius 3 is 2.51 bits per heavy atom. The number of carboxylic acids is 1. The van der Waals surface area contributed by atoms with Crippen molar-refractivity contribution in [1.29, 1.82) is 0 Å². The molecule has 39 heavy (non-hydrogen) atoms. The molecule has 0 saturated heterocycles. The summed E-state index contributed by atoms with van der Waals surface area (Å²) in [5.74, 6) is -1.21. The van der Waals surface area contributed by atoms with Crippen LogP contribution in [0.15, 0.2) is 52.8 Å². The van der Waals surface area contributed by atoms with Gasteiger partial charge in [-0.15, -0.1) is 0 Å². The second kappa shape index (κ2) is 14.4. The second-order valence-corrected chi connectivity index (χ2v) is 10.6. The molecule has 1 atom stereocenters.